The van der Waals surface area contributed by atoms with Crippen molar-refractivity contribution in [3.63, 3.8) is 0 Å². The zero-order valence-electron chi connectivity index (χ0n) is 14.8. The maximum Gasteiger partial charge on any atom is 0.255 e. The Hall–Kier alpha value is -2.63. The molecule has 0 spiro atoms. The number of aromatic nitrogens is 2. The minimum Gasteiger partial charge on any atom is -0.477 e. The molecule has 1 aliphatic heterocycles. The minimum absolute atomic E-state index is 0.0172. The van der Waals surface area contributed by atoms with Crippen molar-refractivity contribution in [1.29, 1.82) is 0 Å². The Morgan fingerprint density at radius 3 is 2.52 bits per heavy atom. The third-order valence-electron chi connectivity index (χ3n) is 4.09. The lowest BCUT2D eigenvalue weighted by molar-refractivity contribution is 0.0746. The molecule has 1 fully saturated rings. The number of hydrogen-bond donors (Lipinski definition) is 0. The van der Waals surface area contributed by atoms with E-state index in [0.717, 1.165) is 18.9 Å². The summed E-state index contributed by atoms with van der Waals surface area (Å²) in [6.07, 6.45) is 3.39. The maximum atomic E-state index is 12.6. The highest BCUT2D eigenvalue weighted by Crippen LogP contribution is 2.15. The number of rotatable bonds is 5. The summed E-state index contributed by atoms with van der Waals surface area (Å²) >= 11 is 0. The van der Waals surface area contributed by atoms with E-state index in [1.165, 1.54) is 0 Å². The summed E-state index contributed by atoms with van der Waals surface area (Å²) < 4.78 is 5.56. The SMILES string of the molecule is CC(C)COc1ccc(C(=O)N2CCN(c3ccccn3)CC2)cn1. The first-order valence-corrected chi connectivity index (χ1v) is 8.67. The van der Waals surface area contributed by atoms with Crippen molar-refractivity contribution < 1.29 is 9.53 Å². The fourth-order valence-electron chi connectivity index (χ4n) is 2.71. The van der Waals surface area contributed by atoms with Crippen LogP contribution in [0.2, 0.25) is 0 Å². The van der Waals surface area contributed by atoms with Crippen LogP contribution in [0.3, 0.4) is 0 Å². The van der Waals surface area contributed by atoms with E-state index >= 15 is 0 Å². The Kier molecular flexibility index (Phi) is 5.48. The maximum absolute atomic E-state index is 12.6. The van der Waals surface area contributed by atoms with Gasteiger partial charge in [-0.15, -0.1) is 0 Å². The summed E-state index contributed by atoms with van der Waals surface area (Å²) in [7, 11) is 0. The van der Waals surface area contributed by atoms with Gasteiger partial charge < -0.3 is 14.5 Å². The first-order chi connectivity index (χ1) is 12.1. The van der Waals surface area contributed by atoms with E-state index in [0.29, 0.717) is 37.1 Å². The highest BCUT2D eigenvalue weighted by Gasteiger charge is 2.23. The molecule has 2 aromatic heterocycles. The fourth-order valence-corrected chi connectivity index (χ4v) is 2.71. The van der Waals surface area contributed by atoms with Crippen molar-refractivity contribution in [2.45, 2.75) is 13.8 Å². The van der Waals surface area contributed by atoms with Gasteiger partial charge in [-0.2, -0.15) is 0 Å². The summed E-state index contributed by atoms with van der Waals surface area (Å²) in [6, 6.07) is 9.44. The second-order valence-corrected chi connectivity index (χ2v) is 6.56. The van der Waals surface area contributed by atoms with Crippen LogP contribution < -0.4 is 9.64 Å². The van der Waals surface area contributed by atoms with Gasteiger partial charge in [-0.1, -0.05) is 19.9 Å². The highest BCUT2D eigenvalue weighted by molar-refractivity contribution is 5.94. The van der Waals surface area contributed by atoms with Gasteiger partial charge in [0.15, 0.2) is 0 Å². The Morgan fingerprint density at radius 1 is 1.12 bits per heavy atom. The molecule has 1 aliphatic rings. The predicted octanol–water partition coefficient (Wildman–Crippen LogP) is 2.47. The summed E-state index contributed by atoms with van der Waals surface area (Å²) in [5, 5.41) is 0. The Labute approximate surface area is 148 Å². The molecule has 2 aromatic rings. The van der Waals surface area contributed by atoms with Crippen LogP contribution in [0.5, 0.6) is 5.88 Å². The van der Waals surface area contributed by atoms with Crippen molar-refractivity contribution in [3.05, 3.63) is 48.3 Å². The molecule has 0 bridgehead atoms. The van der Waals surface area contributed by atoms with Crippen molar-refractivity contribution in [2.24, 2.45) is 5.92 Å². The molecule has 3 heterocycles. The molecule has 0 saturated carbocycles. The average Bonchev–Trinajstić information content (AvgIpc) is 2.67. The quantitative estimate of drug-likeness (QED) is 0.837. The van der Waals surface area contributed by atoms with Gasteiger partial charge in [-0.3, -0.25) is 4.79 Å². The molecule has 132 valence electrons. The van der Waals surface area contributed by atoms with Gasteiger partial charge in [0.25, 0.3) is 5.91 Å². The fraction of sp³-hybridized carbons (Fsp3) is 0.421. The lowest BCUT2D eigenvalue weighted by Gasteiger charge is -2.35. The average molecular weight is 340 g/mol. The van der Waals surface area contributed by atoms with Crippen LogP contribution in [0.4, 0.5) is 5.82 Å². The number of anilines is 1. The topological polar surface area (TPSA) is 58.6 Å². The van der Waals surface area contributed by atoms with E-state index in [-0.39, 0.29) is 5.91 Å². The number of pyridine rings is 2. The molecule has 6 nitrogen and oxygen atoms in total. The minimum atomic E-state index is 0.0172. The summed E-state index contributed by atoms with van der Waals surface area (Å²) in [5.74, 6) is 1.98. The second kappa shape index (κ2) is 7.96. The monoisotopic (exact) mass is 340 g/mol. The number of carbonyl (C=O) groups is 1. The molecule has 0 aromatic carbocycles. The lowest BCUT2D eigenvalue weighted by atomic mass is 10.2. The normalized spacial score (nSPS) is 14.7. The lowest BCUT2D eigenvalue weighted by Crippen LogP contribution is -2.49. The van der Waals surface area contributed by atoms with E-state index in [9.17, 15) is 4.79 Å². The van der Waals surface area contributed by atoms with Crippen LogP contribution in [0.25, 0.3) is 0 Å². The molecular formula is C19H24N4O2. The van der Waals surface area contributed by atoms with Crippen molar-refractivity contribution in [1.82, 2.24) is 14.9 Å². The zero-order chi connectivity index (χ0) is 17.6. The number of nitrogens with zero attached hydrogens (tertiary/aromatic N) is 4. The van der Waals surface area contributed by atoms with Crippen LogP contribution in [0, 0.1) is 5.92 Å². The van der Waals surface area contributed by atoms with Gasteiger partial charge in [0, 0.05) is 44.6 Å². The summed E-state index contributed by atoms with van der Waals surface area (Å²) in [5.41, 5.74) is 0.600. The first-order valence-electron chi connectivity index (χ1n) is 8.67. The molecule has 6 heteroatoms. The third kappa shape index (κ3) is 4.47. The number of ether oxygens (including phenoxy) is 1. The van der Waals surface area contributed by atoms with E-state index in [2.05, 4.69) is 28.7 Å². The molecule has 0 atom stereocenters. The van der Waals surface area contributed by atoms with Crippen LogP contribution in [0.15, 0.2) is 42.7 Å². The van der Waals surface area contributed by atoms with Gasteiger partial charge in [-0.25, -0.2) is 9.97 Å². The zero-order valence-corrected chi connectivity index (χ0v) is 14.8. The molecule has 1 amide bonds. The van der Waals surface area contributed by atoms with Crippen molar-refractivity contribution in [2.75, 3.05) is 37.7 Å². The number of amides is 1. The van der Waals surface area contributed by atoms with Crippen LogP contribution in [-0.4, -0.2) is 53.6 Å². The Bertz CT molecular complexity index is 680. The Balaban J connectivity index is 1.55. The van der Waals surface area contributed by atoms with E-state index in [4.69, 9.17) is 4.74 Å². The van der Waals surface area contributed by atoms with Crippen LogP contribution >= 0.6 is 0 Å². The third-order valence-corrected chi connectivity index (χ3v) is 4.09. The van der Waals surface area contributed by atoms with Gasteiger partial charge in [0.05, 0.1) is 12.2 Å². The van der Waals surface area contributed by atoms with Gasteiger partial charge in [0.1, 0.15) is 5.82 Å². The molecule has 0 aliphatic carbocycles. The molecule has 1 saturated heterocycles. The van der Waals surface area contributed by atoms with E-state index in [1.807, 2.05) is 23.1 Å². The second-order valence-electron chi connectivity index (χ2n) is 6.56. The number of piperazine rings is 1. The molecule has 0 N–H and O–H groups in total. The van der Waals surface area contributed by atoms with Crippen molar-refractivity contribution in [3.8, 4) is 5.88 Å². The highest BCUT2D eigenvalue weighted by atomic mass is 16.5. The Morgan fingerprint density at radius 2 is 1.92 bits per heavy atom. The summed E-state index contributed by atoms with van der Waals surface area (Å²) in [6.45, 7) is 7.72. The predicted molar refractivity (Wildman–Crippen MR) is 96.9 cm³/mol. The van der Waals surface area contributed by atoms with Gasteiger partial charge in [-0.05, 0) is 24.1 Å². The molecule has 0 unspecified atom stereocenters. The number of carbonyl (C=O) groups excluding carboxylic acids is 1. The molecule has 25 heavy (non-hydrogen) atoms. The smallest absolute Gasteiger partial charge is 0.255 e. The molecule has 3 rings (SSSR count). The summed E-state index contributed by atoms with van der Waals surface area (Å²) in [4.78, 5) is 25.3. The van der Waals surface area contributed by atoms with Crippen molar-refractivity contribution >= 4 is 11.7 Å². The first kappa shape index (κ1) is 17.2. The van der Waals surface area contributed by atoms with Crippen LogP contribution in [-0.2, 0) is 0 Å². The van der Waals surface area contributed by atoms with Gasteiger partial charge >= 0.3 is 0 Å². The largest absolute Gasteiger partial charge is 0.477 e. The number of hydrogen-bond acceptors (Lipinski definition) is 5. The van der Waals surface area contributed by atoms with E-state index in [1.54, 1.807) is 24.5 Å². The standard InChI is InChI=1S/C19H24N4O2/c1-15(2)14-25-18-7-6-16(13-21-18)19(24)23-11-9-22(10-12-23)17-5-3-4-8-20-17/h3-8,13,15H,9-12,14H2,1-2H3. The van der Waals surface area contributed by atoms with E-state index < -0.39 is 0 Å². The molecule has 0 radical (unpaired) electrons. The van der Waals surface area contributed by atoms with Crippen LogP contribution in [0.1, 0.15) is 24.2 Å². The molecular weight excluding hydrogens is 316 g/mol. The van der Waals surface area contributed by atoms with Gasteiger partial charge in [0.2, 0.25) is 5.88 Å².